The molecule has 0 spiro atoms. The highest BCUT2D eigenvalue weighted by molar-refractivity contribution is 5.95. The Morgan fingerprint density at radius 2 is 2.04 bits per heavy atom. The number of nitrogens with zero attached hydrogens (tertiary/aromatic N) is 1. The van der Waals surface area contributed by atoms with E-state index < -0.39 is 0 Å². The van der Waals surface area contributed by atoms with E-state index in [1.165, 1.54) is 6.07 Å². The third kappa shape index (κ3) is 3.92. The van der Waals surface area contributed by atoms with Crippen molar-refractivity contribution in [3.8, 4) is 11.5 Å². The third-order valence-electron chi connectivity index (χ3n) is 3.63. The molecule has 0 radical (unpaired) electrons. The number of aromatic hydroxyl groups is 1. The molecule has 0 saturated heterocycles. The minimum Gasteiger partial charge on any atom is -0.508 e. The summed E-state index contributed by atoms with van der Waals surface area (Å²) in [5.41, 5.74) is 2.24. The predicted octanol–water partition coefficient (Wildman–Crippen LogP) is 3.54. The second-order valence-electron chi connectivity index (χ2n) is 5.29. The molecule has 0 heterocycles. The van der Waals surface area contributed by atoms with Crippen LogP contribution in [0.15, 0.2) is 55.1 Å². The molecule has 0 unspecified atom stereocenters. The Bertz CT molecular complexity index is 710. The number of phenolic OH excluding ortho intramolecular Hbond substituents is 1. The molecule has 0 aliphatic heterocycles. The fourth-order valence-electron chi connectivity index (χ4n) is 2.47. The molecule has 1 amide bonds. The number of carbonyl (C=O) groups is 1. The summed E-state index contributed by atoms with van der Waals surface area (Å²) in [6.07, 6.45) is 1.70. The molecule has 23 heavy (non-hydrogen) atoms. The minimum absolute atomic E-state index is 0.103. The van der Waals surface area contributed by atoms with Crippen molar-refractivity contribution in [2.45, 2.75) is 13.5 Å². The third-order valence-corrected chi connectivity index (χ3v) is 3.63. The first-order valence-electron chi connectivity index (χ1n) is 7.38. The summed E-state index contributed by atoms with van der Waals surface area (Å²) in [6, 6.07) is 12.4. The van der Waals surface area contributed by atoms with E-state index in [1.807, 2.05) is 31.2 Å². The maximum atomic E-state index is 12.8. The lowest BCUT2D eigenvalue weighted by Crippen LogP contribution is -2.31. The van der Waals surface area contributed by atoms with Gasteiger partial charge >= 0.3 is 0 Å². The number of carbonyl (C=O) groups excluding carboxylic acids is 1. The Hall–Kier alpha value is -2.75. The SMILES string of the molecule is C=CCN(Cc1ccccc1OC)C(=O)c1ccc(O)cc1C. The van der Waals surface area contributed by atoms with E-state index in [-0.39, 0.29) is 11.7 Å². The van der Waals surface area contributed by atoms with Crippen LogP contribution < -0.4 is 4.74 Å². The van der Waals surface area contributed by atoms with Crippen LogP contribution in [0.25, 0.3) is 0 Å². The lowest BCUT2D eigenvalue weighted by Gasteiger charge is -2.23. The van der Waals surface area contributed by atoms with Gasteiger partial charge in [-0.2, -0.15) is 0 Å². The van der Waals surface area contributed by atoms with E-state index in [4.69, 9.17) is 4.74 Å². The molecule has 0 fully saturated rings. The summed E-state index contributed by atoms with van der Waals surface area (Å²) < 4.78 is 5.35. The molecule has 4 nitrogen and oxygen atoms in total. The number of amides is 1. The number of hydrogen-bond acceptors (Lipinski definition) is 3. The minimum atomic E-state index is -0.103. The molecule has 2 aromatic rings. The smallest absolute Gasteiger partial charge is 0.254 e. The lowest BCUT2D eigenvalue weighted by atomic mass is 10.1. The standard InChI is InChI=1S/C19H21NO3/c1-4-11-20(13-15-7-5-6-8-18(15)23-3)19(22)17-10-9-16(21)12-14(17)2/h4-10,12,21H,1,11,13H2,2-3H3. The van der Waals surface area contributed by atoms with Crippen molar-refractivity contribution in [1.29, 1.82) is 0 Å². The zero-order valence-corrected chi connectivity index (χ0v) is 13.5. The first-order chi connectivity index (χ1) is 11.1. The van der Waals surface area contributed by atoms with Crippen molar-refractivity contribution in [3.63, 3.8) is 0 Å². The molecule has 0 aromatic heterocycles. The van der Waals surface area contributed by atoms with Gasteiger partial charge in [-0.1, -0.05) is 24.3 Å². The van der Waals surface area contributed by atoms with Crippen LogP contribution in [0.2, 0.25) is 0 Å². The number of hydrogen-bond donors (Lipinski definition) is 1. The topological polar surface area (TPSA) is 49.8 Å². The first-order valence-corrected chi connectivity index (χ1v) is 7.38. The van der Waals surface area contributed by atoms with Gasteiger partial charge in [0.1, 0.15) is 11.5 Å². The summed E-state index contributed by atoms with van der Waals surface area (Å²) in [5, 5.41) is 9.51. The lowest BCUT2D eigenvalue weighted by molar-refractivity contribution is 0.0761. The molecular formula is C19H21NO3. The Morgan fingerprint density at radius 1 is 1.30 bits per heavy atom. The van der Waals surface area contributed by atoms with Gasteiger partial charge in [-0.15, -0.1) is 6.58 Å². The Labute approximate surface area is 136 Å². The largest absolute Gasteiger partial charge is 0.508 e. The summed E-state index contributed by atoms with van der Waals surface area (Å²) in [7, 11) is 1.61. The van der Waals surface area contributed by atoms with Gasteiger partial charge in [-0.25, -0.2) is 0 Å². The highest BCUT2D eigenvalue weighted by Crippen LogP contribution is 2.22. The highest BCUT2D eigenvalue weighted by atomic mass is 16.5. The average molecular weight is 311 g/mol. The van der Waals surface area contributed by atoms with Gasteiger partial charge in [0, 0.05) is 24.2 Å². The molecule has 0 atom stereocenters. The Balaban J connectivity index is 2.30. The number of rotatable bonds is 6. The van der Waals surface area contributed by atoms with Crippen molar-refractivity contribution < 1.29 is 14.6 Å². The Kier molecular flexibility index (Phi) is 5.41. The van der Waals surface area contributed by atoms with Crippen molar-refractivity contribution in [3.05, 3.63) is 71.8 Å². The van der Waals surface area contributed by atoms with Crippen LogP contribution in [0.3, 0.4) is 0 Å². The molecule has 0 aliphatic rings. The normalized spacial score (nSPS) is 10.2. The maximum Gasteiger partial charge on any atom is 0.254 e. The van der Waals surface area contributed by atoms with Crippen LogP contribution in [0.1, 0.15) is 21.5 Å². The van der Waals surface area contributed by atoms with Crippen LogP contribution >= 0.6 is 0 Å². The van der Waals surface area contributed by atoms with Crippen molar-refractivity contribution in [2.24, 2.45) is 0 Å². The zero-order valence-electron chi connectivity index (χ0n) is 13.5. The molecule has 120 valence electrons. The van der Waals surface area contributed by atoms with Crippen LogP contribution in [0, 0.1) is 6.92 Å². The second-order valence-corrected chi connectivity index (χ2v) is 5.29. The number of ether oxygens (including phenoxy) is 1. The Morgan fingerprint density at radius 3 is 2.70 bits per heavy atom. The first kappa shape index (κ1) is 16.6. The van der Waals surface area contributed by atoms with Gasteiger partial charge in [0.2, 0.25) is 0 Å². The van der Waals surface area contributed by atoms with Gasteiger partial charge in [0.25, 0.3) is 5.91 Å². The molecule has 2 rings (SSSR count). The van der Waals surface area contributed by atoms with Gasteiger partial charge in [-0.05, 0) is 36.8 Å². The zero-order chi connectivity index (χ0) is 16.8. The fraction of sp³-hybridized carbons (Fsp3) is 0.211. The maximum absolute atomic E-state index is 12.8. The number of para-hydroxylation sites is 1. The quantitative estimate of drug-likeness (QED) is 0.830. The number of aryl methyl sites for hydroxylation is 1. The summed E-state index contributed by atoms with van der Waals surface area (Å²) in [5.74, 6) is 0.796. The predicted molar refractivity (Wildman–Crippen MR) is 90.8 cm³/mol. The second kappa shape index (κ2) is 7.49. The highest BCUT2D eigenvalue weighted by Gasteiger charge is 2.18. The van der Waals surface area contributed by atoms with E-state index in [9.17, 15) is 9.90 Å². The van der Waals surface area contributed by atoms with E-state index in [1.54, 1.807) is 30.2 Å². The molecular weight excluding hydrogens is 290 g/mol. The van der Waals surface area contributed by atoms with Gasteiger partial charge in [0.15, 0.2) is 0 Å². The van der Waals surface area contributed by atoms with E-state index >= 15 is 0 Å². The molecule has 0 aliphatic carbocycles. The van der Waals surface area contributed by atoms with Gasteiger partial charge < -0.3 is 14.7 Å². The summed E-state index contributed by atoms with van der Waals surface area (Å²) in [4.78, 5) is 14.5. The van der Waals surface area contributed by atoms with E-state index in [2.05, 4.69) is 6.58 Å². The van der Waals surface area contributed by atoms with Crippen LogP contribution in [-0.4, -0.2) is 29.6 Å². The average Bonchev–Trinajstić information content (AvgIpc) is 2.54. The van der Waals surface area contributed by atoms with Crippen molar-refractivity contribution in [1.82, 2.24) is 4.90 Å². The molecule has 2 aromatic carbocycles. The molecule has 0 saturated carbocycles. The van der Waals surface area contributed by atoms with Gasteiger partial charge in [-0.3, -0.25) is 4.79 Å². The number of methoxy groups -OCH3 is 1. The number of phenols is 1. The number of benzene rings is 2. The van der Waals surface area contributed by atoms with Crippen LogP contribution in [0.4, 0.5) is 0 Å². The van der Waals surface area contributed by atoms with Crippen molar-refractivity contribution in [2.75, 3.05) is 13.7 Å². The van der Waals surface area contributed by atoms with Crippen molar-refractivity contribution >= 4 is 5.91 Å². The summed E-state index contributed by atoms with van der Waals surface area (Å²) >= 11 is 0. The fourth-order valence-corrected chi connectivity index (χ4v) is 2.47. The summed E-state index contributed by atoms with van der Waals surface area (Å²) in [6.45, 7) is 6.39. The van der Waals surface area contributed by atoms with Crippen LogP contribution in [-0.2, 0) is 6.54 Å². The van der Waals surface area contributed by atoms with E-state index in [0.29, 0.717) is 18.7 Å². The molecule has 0 bridgehead atoms. The monoisotopic (exact) mass is 311 g/mol. The van der Waals surface area contributed by atoms with Gasteiger partial charge in [0.05, 0.1) is 7.11 Å². The molecule has 4 heteroatoms. The molecule has 1 N–H and O–H groups in total. The van der Waals surface area contributed by atoms with E-state index in [0.717, 1.165) is 16.9 Å². The van der Waals surface area contributed by atoms with Crippen LogP contribution in [0.5, 0.6) is 11.5 Å².